The molecule has 0 spiro atoms. The Balaban J connectivity index is 1.68. The molecule has 0 radical (unpaired) electrons. The van der Waals surface area contributed by atoms with Crippen LogP contribution in [-0.2, 0) is 10.0 Å². The van der Waals surface area contributed by atoms with E-state index in [0.29, 0.717) is 11.0 Å². The fourth-order valence-corrected chi connectivity index (χ4v) is 4.84. The highest BCUT2D eigenvalue weighted by molar-refractivity contribution is 7.92. The fraction of sp³-hybridized carbons (Fsp3) is 0.250. The number of carbonyl (C=O) groups is 1. The van der Waals surface area contributed by atoms with E-state index in [4.69, 9.17) is 0 Å². The van der Waals surface area contributed by atoms with Crippen molar-refractivity contribution in [3.63, 3.8) is 0 Å². The number of benzene rings is 2. The van der Waals surface area contributed by atoms with Gasteiger partial charge in [0.05, 0.1) is 4.90 Å². The number of nitrogens with one attached hydrogen (secondary N) is 2. The van der Waals surface area contributed by atoms with Gasteiger partial charge in [-0.3, -0.25) is 14.8 Å². The standard InChI is InChI=1S/C20H21FN4O3S2/c1-3-13(4-2)19-23-24-20(29-19)22-18(26)14-5-11-17(12-6-14)30(27,28)25-16-9-7-15(21)8-10-16/h5-13,25H,3-4H2,1-2H3,(H,22,24,26). The molecule has 1 aromatic heterocycles. The van der Waals surface area contributed by atoms with Crippen LogP contribution in [0.5, 0.6) is 0 Å². The first kappa shape index (κ1) is 21.8. The van der Waals surface area contributed by atoms with Gasteiger partial charge >= 0.3 is 0 Å². The molecule has 2 aromatic carbocycles. The van der Waals surface area contributed by atoms with Crippen molar-refractivity contribution < 1.29 is 17.6 Å². The molecular formula is C20H21FN4O3S2. The molecule has 3 rings (SSSR count). The Morgan fingerprint density at radius 1 is 1.03 bits per heavy atom. The lowest BCUT2D eigenvalue weighted by Gasteiger charge is -2.09. The third-order valence-corrected chi connectivity index (χ3v) is 6.92. The molecule has 7 nitrogen and oxygen atoms in total. The quantitative estimate of drug-likeness (QED) is 0.523. The maximum atomic E-state index is 13.0. The van der Waals surface area contributed by atoms with Crippen LogP contribution in [0.3, 0.4) is 0 Å². The molecule has 1 amide bonds. The highest BCUT2D eigenvalue weighted by Gasteiger charge is 2.17. The van der Waals surface area contributed by atoms with Gasteiger partial charge in [-0.25, -0.2) is 12.8 Å². The molecule has 0 aliphatic carbocycles. The summed E-state index contributed by atoms with van der Waals surface area (Å²) in [6.07, 6.45) is 1.89. The number of anilines is 2. The van der Waals surface area contributed by atoms with Gasteiger partial charge in [-0.05, 0) is 61.4 Å². The van der Waals surface area contributed by atoms with E-state index in [1.807, 2.05) is 0 Å². The molecule has 3 aromatic rings. The lowest BCUT2D eigenvalue weighted by molar-refractivity contribution is 0.102. The molecule has 1 heterocycles. The molecule has 0 bridgehead atoms. The summed E-state index contributed by atoms with van der Waals surface area (Å²) in [5, 5.41) is 12.1. The van der Waals surface area contributed by atoms with E-state index in [2.05, 4.69) is 34.1 Å². The van der Waals surface area contributed by atoms with Crippen molar-refractivity contribution in [2.75, 3.05) is 10.0 Å². The first-order chi connectivity index (χ1) is 14.3. The second-order valence-corrected chi connectivity index (χ2v) is 9.24. The second-order valence-electron chi connectivity index (χ2n) is 6.55. The Hall–Kier alpha value is -2.85. The lowest BCUT2D eigenvalue weighted by atomic mass is 10.1. The number of hydrogen-bond acceptors (Lipinski definition) is 6. The Morgan fingerprint density at radius 3 is 2.27 bits per heavy atom. The molecule has 2 N–H and O–H groups in total. The minimum Gasteiger partial charge on any atom is -0.296 e. The molecular weight excluding hydrogens is 427 g/mol. The summed E-state index contributed by atoms with van der Waals surface area (Å²) in [5.74, 6) is -0.556. The van der Waals surface area contributed by atoms with Gasteiger partial charge in [0.2, 0.25) is 5.13 Å². The van der Waals surface area contributed by atoms with Crippen LogP contribution >= 0.6 is 11.3 Å². The van der Waals surface area contributed by atoms with Gasteiger partial charge in [-0.15, -0.1) is 10.2 Å². The van der Waals surface area contributed by atoms with Gasteiger partial charge in [0, 0.05) is 17.2 Å². The molecule has 0 aliphatic rings. The second kappa shape index (κ2) is 9.31. The van der Waals surface area contributed by atoms with Crippen LogP contribution in [0.15, 0.2) is 53.4 Å². The number of hydrogen-bond donors (Lipinski definition) is 2. The summed E-state index contributed by atoms with van der Waals surface area (Å²) in [5.41, 5.74) is 0.526. The predicted molar refractivity (Wildman–Crippen MR) is 115 cm³/mol. The van der Waals surface area contributed by atoms with Gasteiger partial charge in [0.15, 0.2) is 0 Å². The van der Waals surface area contributed by atoms with Gasteiger partial charge in [-0.2, -0.15) is 0 Å². The van der Waals surface area contributed by atoms with E-state index in [1.54, 1.807) is 0 Å². The summed E-state index contributed by atoms with van der Waals surface area (Å²) in [6, 6.07) is 10.5. The smallest absolute Gasteiger partial charge is 0.261 e. The Bertz CT molecular complexity index is 1110. The minimum atomic E-state index is -3.86. The number of carbonyl (C=O) groups excluding carboxylic acids is 1. The van der Waals surface area contributed by atoms with Crippen molar-refractivity contribution in [2.45, 2.75) is 37.5 Å². The molecule has 30 heavy (non-hydrogen) atoms. The monoisotopic (exact) mass is 448 g/mol. The number of nitrogens with zero attached hydrogens (tertiary/aromatic N) is 2. The summed E-state index contributed by atoms with van der Waals surface area (Å²) < 4.78 is 40.3. The molecule has 0 atom stereocenters. The molecule has 0 saturated heterocycles. The Labute approximate surface area is 178 Å². The summed E-state index contributed by atoms with van der Waals surface area (Å²) in [4.78, 5) is 12.4. The molecule has 158 valence electrons. The number of aromatic nitrogens is 2. The van der Waals surface area contributed by atoms with Gasteiger partial charge < -0.3 is 0 Å². The molecule has 10 heteroatoms. The van der Waals surface area contributed by atoms with Crippen LogP contribution < -0.4 is 10.0 Å². The lowest BCUT2D eigenvalue weighted by Crippen LogP contribution is -2.14. The van der Waals surface area contributed by atoms with Gasteiger partial charge in [0.25, 0.3) is 15.9 Å². The van der Waals surface area contributed by atoms with Gasteiger partial charge in [-0.1, -0.05) is 25.2 Å². The zero-order valence-corrected chi connectivity index (χ0v) is 18.1. The first-order valence-electron chi connectivity index (χ1n) is 9.35. The average Bonchev–Trinajstić information content (AvgIpc) is 3.19. The molecule has 0 saturated carbocycles. The van der Waals surface area contributed by atoms with Crippen molar-refractivity contribution in [3.05, 3.63) is 64.9 Å². The largest absolute Gasteiger partial charge is 0.296 e. The summed E-state index contributed by atoms with van der Waals surface area (Å²) in [6.45, 7) is 4.16. The predicted octanol–water partition coefficient (Wildman–Crippen LogP) is 4.63. The minimum absolute atomic E-state index is 0.0182. The topological polar surface area (TPSA) is 101 Å². The van der Waals surface area contributed by atoms with E-state index in [9.17, 15) is 17.6 Å². The third-order valence-electron chi connectivity index (χ3n) is 4.52. The highest BCUT2D eigenvalue weighted by Crippen LogP contribution is 2.28. The summed E-state index contributed by atoms with van der Waals surface area (Å²) >= 11 is 1.34. The number of amides is 1. The maximum Gasteiger partial charge on any atom is 0.261 e. The van der Waals surface area contributed by atoms with Crippen LogP contribution in [-0.4, -0.2) is 24.5 Å². The van der Waals surface area contributed by atoms with Gasteiger partial charge in [0.1, 0.15) is 10.8 Å². The average molecular weight is 449 g/mol. The van der Waals surface area contributed by atoms with E-state index in [-0.39, 0.29) is 16.1 Å². The zero-order chi connectivity index (χ0) is 21.7. The van der Waals surface area contributed by atoms with Crippen LogP contribution in [0, 0.1) is 5.82 Å². The Kier molecular flexibility index (Phi) is 6.78. The molecule has 0 fully saturated rings. The van der Waals surface area contributed by atoms with E-state index < -0.39 is 21.7 Å². The van der Waals surface area contributed by atoms with Crippen molar-refractivity contribution in [1.82, 2.24) is 10.2 Å². The maximum absolute atomic E-state index is 13.0. The first-order valence-corrected chi connectivity index (χ1v) is 11.7. The van der Waals surface area contributed by atoms with Crippen molar-refractivity contribution >= 4 is 38.1 Å². The summed E-state index contributed by atoms with van der Waals surface area (Å²) in [7, 11) is -3.86. The van der Waals surface area contributed by atoms with E-state index >= 15 is 0 Å². The highest BCUT2D eigenvalue weighted by atomic mass is 32.2. The molecule has 0 aliphatic heterocycles. The molecule has 0 unspecified atom stereocenters. The number of halogens is 1. The SMILES string of the molecule is CCC(CC)c1nnc(NC(=O)c2ccc(S(=O)(=O)Nc3ccc(F)cc3)cc2)s1. The van der Waals surface area contributed by atoms with Crippen molar-refractivity contribution in [3.8, 4) is 0 Å². The van der Waals surface area contributed by atoms with Crippen LogP contribution in [0.2, 0.25) is 0 Å². The van der Waals surface area contributed by atoms with E-state index in [1.165, 1.54) is 47.7 Å². The number of sulfonamides is 1. The van der Waals surface area contributed by atoms with Crippen LogP contribution in [0.25, 0.3) is 0 Å². The van der Waals surface area contributed by atoms with E-state index in [0.717, 1.165) is 30.0 Å². The fourth-order valence-electron chi connectivity index (χ4n) is 2.77. The third kappa shape index (κ3) is 5.19. The van der Waals surface area contributed by atoms with Crippen LogP contribution in [0.4, 0.5) is 15.2 Å². The normalized spacial score (nSPS) is 11.5. The Morgan fingerprint density at radius 2 is 1.67 bits per heavy atom. The van der Waals surface area contributed by atoms with Crippen molar-refractivity contribution in [2.24, 2.45) is 0 Å². The number of rotatable bonds is 8. The van der Waals surface area contributed by atoms with Crippen LogP contribution in [0.1, 0.15) is 48.0 Å². The van der Waals surface area contributed by atoms with Crippen molar-refractivity contribution in [1.29, 1.82) is 0 Å². The zero-order valence-electron chi connectivity index (χ0n) is 16.4.